The summed E-state index contributed by atoms with van der Waals surface area (Å²) in [5.74, 6) is 0.144. The Kier molecular flexibility index (Phi) is 7.21. The number of Topliss-reactive ketones (excluding diaryl/α,β-unsaturated/α-hetero) is 2. The third-order valence-corrected chi connectivity index (χ3v) is 4.31. The van der Waals surface area contributed by atoms with Gasteiger partial charge in [-0.2, -0.15) is 0 Å². The maximum atomic E-state index is 12.4. The lowest BCUT2D eigenvalue weighted by Crippen LogP contribution is -3.00. The third-order valence-electron chi connectivity index (χ3n) is 4.31. The summed E-state index contributed by atoms with van der Waals surface area (Å²) in [5, 5.41) is 0. The highest BCUT2D eigenvalue weighted by Gasteiger charge is 2.19. The zero-order chi connectivity index (χ0) is 17.6. The number of nitrogens with zero attached hydrogens (tertiary/aromatic N) is 1. The highest BCUT2D eigenvalue weighted by Crippen LogP contribution is 2.08. The van der Waals surface area contributed by atoms with Crippen LogP contribution in [0.1, 0.15) is 32.1 Å². The predicted molar refractivity (Wildman–Crippen MR) is 96.6 cm³/mol. The molecule has 0 unspecified atom stereocenters. The van der Waals surface area contributed by atoms with Crippen LogP contribution in [0.3, 0.4) is 0 Å². The molecule has 3 nitrogen and oxygen atoms in total. The van der Waals surface area contributed by atoms with E-state index in [0.717, 1.165) is 11.4 Å². The van der Waals surface area contributed by atoms with Crippen LogP contribution in [0.15, 0.2) is 78.9 Å². The second-order valence-electron chi connectivity index (χ2n) is 6.00. The van der Waals surface area contributed by atoms with E-state index in [4.69, 9.17) is 0 Å². The standard InChI is InChI=1S/C22H20NO2.HI/c1-23-19(15-21(24)17-9-4-2-5-10-17)13-8-14-20(23)16-22(25)18-11-6-3-7-12-18;/h2-14H,15-16H2,1H3;1H/q+1;/p-1. The van der Waals surface area contributed by atoms with Gasteiger partial charge in [-0.25, -0.2) is 4.57 Å². The zero-order valence-electron chi connectivity index (χ0n) is 14.6. The second kappa shape index (κ2) is 9.38. The number of benzene rings is 2. The molecule has 3 aromatic rings. The number of hydrogen-bond acceptors (Lipinski definition) is 2. The average molecular weight is 457 g/mol. The van der Waals surface area contributed by atoms with E-state index in [1.807, 2.05) is 90.5 Å². The molecule has 0 aliphatic heterocycles. The molecular formula is C22H20INO2. The molecule has 26 heavy (non-hydrogen) atoms. The van der Waals surface area contributed by atoms with Gasteiger partial charge in [-0.1, -0.05) is 60.7 Å². The first-order valence-corrected chi connectivity index (χ1v) is 8.28. The first-order chi connectivity index (χ1) is 12.1. The average Bonchev–Trinajstić information content (AvgIpc) is 2.66. The van der Waals surface area contributed by atoms with Crippen LogP contribution < -0.4 is 28.5 Å². The van der Waals surface area contributed by atoms with Crippen LogP contribution in [-0.2, 0) is 19.9 Å². The Labute approximate surface area is 170 Å². The highest BCUT2D eigenvalue weighted by molar-refractivity contribution is 5.97. The molecule has 0 aliphatic rings. The van der Waals surface area contributed by atoms with Crippen molar-refractivity contribution in [1.82, 2.24) is 0 Å². The van der Waals surface area contributed by atoms with E-state index in [0.29, 0.717) is 24.0 Å². The number of aromatic nitrogens is 1. The van der Waals surface area contributed by atoms with Crippen LogP contribution in [0.4, 0.5) is 0 Å². The number of halogens is 1. The lowest BCUT2D eigenvalue weighted by molar-refractivity contribution is -0.685. The van der Waals surface area contributed by atoms with E-state index in [9.17, 15) is 9.59 Å². The minimum Gasteiger partial charge on any atom is -1.00 e. The molecule has 132 valence electrons. The van der Waals surface area contributed by atoms with E-state index in [1.165, 1.54) is 0 Å². The molecule has 3 rings (SSSR count). The molecule has 2 aromatic carbocycles. The fourth-order valence-electron chi connectivity index (χ4n) is 2.81. The van der Waals surface area contributed by atoms with E-state index in [2.05, 4.69) is 0 Å². The van der Waals surface area contributed by atoms with Crippen LogP contribution >= 0.6 is 0 Å². The molecule has 0 saturated carbocycles. The molecule has 1 aromatic heterocycles. The summed E-state index contributed by atoms with van der Waals surface area (Å²) in [6.45, 7) is 0. The van der Waals surface area contributed by atoms with Gasteiger partial charge in [0.15, 0.2) is 23.0 Å². The Morgan fingerprint density at radius 1 is 0.654 bits per heavy atom. The van der Waals surface area contributed by atoms with Crippen LogP contribution in [-0.4, -0.2) is 11.6 Å². The lowest BCUT2D eigenvalue weighted by Gasteiger charge is -2.05. The summed E-state index contributed by atoms with van der Waals surface area (Å²) in [5.41, 5.74) is 3.20. The van der Waals surface area contributed by atoms with E-state index in [-0.39, 0.29) is 35.5 Å². The molecule has 1 heterocycles. The van der Waals surface area contributed by atoms with Crippen LogP contribution in [0.25, 0.3) is 0 Å². The Balaban J connectivity index is 0.00000243. The molecule has 0 bridgehead atoms. The third kappa shape index (κ3) is 4.85. The van der Waals surface area contributed by atoms with Gasteiger partial charge >= 0.3 is 0 Å². The summed E-state index contributed by atoms with van der Waals surface area (Å²) < 4.78 is 1.95. The smallest absolute Gasteiger partial charge is 0.189 e. The fourth-order valence-corrected chi connectivity index (χ4v) is 2.81. The van der Waals surface area contributed by atoms with Crippen molar-refractivity contribution in [3.8, 4) is 0 Å². The van der Waals surface area contributed by atoms with Gasteiger partial charge in [-0.3, -0.25) is 9.59 Å². The summed E-state index contributed by atoms with van der Waals surface area (Å²) in [6.07, 6.45) is 0.627. The van der Waals surface area contributed by atoms with Crippen molar-refractivity contribution in [1.29, 1.82) is 0 Å². The summed E-state index contributed by atoms with van der Waals surface area (Å²) in [7, 11) is 1.90. The second-order valence-corrected chi connectivity index (χ2v) is 6.00. The maximum Gasteiger partial charge on any atom is 0.189 e. The highest BCUT2D eigenvalue weighted by atomic mass is 127. The van der Waals surface area contributed by atoms with Gasteiger partial charge in [-0.15, -0.1) is 0 Å². The summed E-state index contributed by atoms with van der Waals surface area (Å²) in [4.78, 5) is 24.9. The van der Waals surface area contributed by atoms with Gasteiger partial charge < -0.3 is 24.0 Å². The van der Waals surface area contributed by atoms with Crippen LogP contribution in [0.2, 0.25) is 0 Å². The number of rotatable bonds is 6. The van der Waals surface area contributed by atoms with Crippen molar-refractivity contribution in [2.24, 2.45) is 7.05 Å². The first-order valence-electron chi connectivity index (χ1n) is 8.28. The number of pyridine rings is 1. The van der Waals surface area contributed by atoms with Crippen molar-refractivity contribution in [3.63, 3.8) is 0 Å². The van der Waals surface area contributed by atoms with Crippen molar-refractivity contribution < 1.29 is 38.1 Å². The molecule has 0 amide bonds. The van der Waals surface area contributed by atoms with E-state index in [1.54, 1.807) is 0 Å². The number of carbonyl (C=O) groups is 2. The molecular weight excluding hydrogens is 437 g/mol. The first kappa shape index (κ1) is 20.0. The zero-order valence-corrected chi connectivity index (χ0v) is 16.7. The van der Waals surface area contributed by atoms with Gasteiger partial charge in [0.05, 0.1) is 12.8 Å². The number of hydrogen-bond donors (Lipinski definition) is 0. The van der Waals surface area contributed by atoms with E-state index < -0.39 is 0 Å². The Hall–Kier alpha value is -2.34. The molecule has 4 heteroatoms. The predicted octanol–water partition coefficient (Wildman–Crippen LogP) is 0.366. The Morgan fingerprint density at radius 3 is 1.42 bits per heavy atom. The molecule has 0 spiro atoms. The number of ketones is 2. The monoisotopic (exact) mass is 457 g/mol. The van der Waals surface area contributed by atoms with Crippen molar-refractivity contribution in [2.75, 3.05) is 0 Å². The largest absolute Gasteiger partial charge is 1.00 e. The molecule has 0 aliphatic carbocycles. The normalized spacial score (nSPS) is 10.0. The van der Waals surface area contributed by atoms with Crippen LogP contribution in [0, 0.1) is 0 Å². The maximum absolute atomic E-state index is 12.4. The minimum absolute atomic E-state index is 0. The Bertz CT molecular complexity index is 821. The van der Waals surface area contributed by atoms with E-state index >= 15 is 0 Å². The summed E-state index contributed by atoms with van der Waals surface area (Å²) >= 11 is 0. The van der Waals surface area contributed by atoms with Gasteiger partial charge in [-0.05, 0) is 6.07 Å². The molecule has 0 atom stereocenters. The summed E-state index contributed by atoms with van der Waals surface area (Å²) in [6, 6.07) is 24.3. The van der Waals surface area contributed by atoms with Crippen molar-refractivity contribution >= 4 is 11.6 Å². The number of carbonyl (C=O) groups excluding carboxylic acids is 2. The fraction of sp³-hybridized carbons (Fsp3) is 0.136. The SMILES string of the molecule is C[n+]1c(CC(=O)c2ccccc2)cccc1CC(=O)c1ccccc1.[I-]. The lowest BCUT2D eigenvalue weighted by atomic mass is 10.0. The van der Waals surface area contributed by atoms with Crippen molar-refractivity contribution in [2.45, 2.75) is 12.8 Å². The van der Waals surface area contributed by atoms with Gasteiger partial charge in [0, 0.05) is 23.3 Å². The quantitative estimate of drug-likeness (QED) is 0.305. The van der Waals surface area contributed by atoms with Gasteiger partial charge in [0.1, 0.15) is 7.05 Å². The van der Waals surface area contributed by atoms with Crippen LogP contribution in [0.5, 0.6) is 0 Å². The molecule has 0 radical (unpaired) electrons. The minimum atomic E-state index is 0. The van der Waals surface area contributed by atoms with Crippen molar-refractivity contribution in [3.05, 3.63) is 101 Å². The molecule has 0 N–H and O–H groups in total. The molecule has 0 fully saturated rings. The van der Waals surface area contributed by atoms with Gasteiger partial charge in [0.2, 0.25) is 0 Å². The topological polar surface area (TPSA) is 38.0 Å². The Morgan fingerprint density at radius 2 is 1.04 bits per heavy atom. The van der Waals surface area contributed by atoms with Gasteiger partial charge in [0.25, 0.3) is 0 Å². The molecule has 0 saturated heterocycles.